The summed E-state index contributed by atoms with van der Waals surface area (Å²) < 4.78 is 14.5. The van der Waals surface area contributed by atoms with Crippen LogP contribution in [-0.2, 0) is 11.3 Å². The lowest BCUT2D eigenvalue weighted by atomic mass is 10.2. The molecule has 0 saturated carbocycles. The summed E-state index contributed by atoms with van der Waals surface area (Å²) in [7, 11) is 0. The maximum Gasteiger partial charge on any atom is 0.262 e. The predicted molar refractivity (Wildman–Crippen MR) is 112 cm³/mol. The van der Waals surface area contributed by atoms with E-state index in [1.807, 2.05) is 0 Å². The number of fused-ring (bicyclic) bond motifs is 1. The normalized spacial score (nSPS) is 12.0. The number of hydrogen-bond donors (Lipinski definition) is 1. The first-order valence-electron chi connectivity index (χ1n) is 8.43. The summed E-state index contributed by atoms with van der Waals surface area (Å²) in [6.07, 6.45) is 1.59. The molecule has 1 N–H and O–H groups in total. The van der Waals surface area contributed by atoms with Gasteiger partial charge in [-0.1, -0.05) is 29.4 Å². The van der Waals surface area contributed by atoms with Crippen molar-refractivity contribution in [1.29, 1.82) is 0 Å². The molecule has 3 aromatic rings. The second kappa shape index (κ2) is 8.58. The van der Waals surface area contributed by atoms with Crippen LogP contribution in [-0.4, -0.2) is 20.7 Å². The molecule has 0 saturated heterocycles. The van der Waals surface area contributed by atoms with E-state index in [9.17, 15) is 14.0 Å². The number of anilines is 1. The topological polar surface area (TPSA) is 64.0 Å². The van der Waals surface area contributed by atoms with Crippen LogP contribution in [0, 0.1) is 5.82 Å². The average molecular weight is 418 g/mol. The van der Waals surface area contributed by atoms with Crippen LogP contribution >= 0.6 is 23.4 Å². The third kappa shape index (κ3) is 4.43. The first-order chi connectivity index (χ1) is 13.4. The van der Waals surface area contributed by atoms with E-state index in [-0.39, 0.29) is 23.8 Å². The van der Waals surface area contributed by atoms with Crippen molar-refractivity contribution in [3.63, 3.8) is 0 Å². The number of allylic oxidation sites excluding steroid dienone is 1. The summed E-state index contributed by atoms with van der Waals surface area (Å²) in [6, 6.07) is 10.4. The molecule has 0 fully saturated rings. The number of hydrogen-bond acceptors (Lipinski definition) is 4. The van der Waals surface area contributed by atoms with Crippen molar-refractivity contribution in [3.05, 3.63) is 76.3 Å². The third-order valence-corrected chi connectivity index (χ3v) is 5.28. The van der Waals surface area contributed by atoms with Crippen LogP contribution in [0.5, 0.6) is 0 Å². The Labute approximate surface area is 170 Å². The Morgan fingerprint density at radius 2 is 2.07 bits per heavy atom. The van der Waals surface area contributed by atoms with Crippen molar-refractivity contribution in [3.8, 4) is 0 Å². The fourth-order valence-corrected chi connectivity index (χ4v) is 3.63. The van der Waals surface area contributed by atoms with Crippen LogP contribution in [0.1, 0.15) is 6.92 Å². The molecule has 1 atom stereocenters. The number of amides is 1. The molecule has 0 radical (unpaired) electrons. The van der Waals surface area contributed by atoms with Gasteiger partial charge in [-0.15, -0.1) is 6.58 Å². The van der Waals surface area contributed by atoms with Gasteiger partial charge >= 0.3 is 0 Å². The predicted octanol–water partition coefficient (Wildman–Crippen LogP) is 4.49. The summed E-state index contributed by atoms with van der Waals surface area (Å²) in [5.74, 6) is -0.665. The molecule has 1 amide bonds. The van der Waals surface area contributed by atoms with E-state index < -0.39 is 5.25 Å². The molecular formula is C20H17ClFN3O2S. The largest absolute Gasteiger partial charge is 0.325 e. The van der Waals surface area contributed by atoms with E-state index in [1.165, 1.54) is 28.8 Å². The van der Waals surface area contributed by atoms with Gasteiger partial charge in [0.2, 0.25) is 5.91 Å². The summed E-state index contributed by atoms with van der Waals surface area (Å²) >= 11 is 7.15. The minimum absolute atomic E-state index is 0.249. The molecule has 0 spiro atoms. The van der Waals surface area contributed by atoms with Crippen LogP contribution in [0.15, 0.2) is 65.1 Å². The number of aromatic nitrogens is 2. The van der Waals surface area contributed by atoms with Crippen LogP contribution in [0.4, 0.5) is 10.1 Å². The summed E-state index contributed by atoms with van der Waals surface area (Å²) in [5.41, 5.74) is 0.743. The highest BCUT2D eigenvalue weighted by Gasteiger charge is 2.19. The molecule has 1 heterocycles. The van der Waals surface area contributed by atoms with Gasteiger partial charge in [0.1, 0.15) is 5.82 Å². The molecule has 0 aliphatic carbocycles. The van der Waals surface area contributed by atoms with Crippen LogP contribution < -0.4 is 10.9 Å². The second-order valence-corrected chi connectivity index (χ2v) is 7.76. The van der Waals surface area contributed by atoms with E-state index >= 15 is 0 Å². The number of carbonyl (C=O) groups excluding carboxylic acids is 1. The van der Waals surface area contributed by atoms with Crippen molar-refractivity contribution in [2.24, 2.45) is 0 Å². The lowest BCUT2D eigenvalue weighted by Gasteiger charge is -2.15. The maximum absolute atomic E-state index is 13.0. The molecular weight excluding hydrogens is 401 g/mol. The lowest BCUT2D eigenvalue weighted by molar-refractivity contribution is -0.115. The Hall–Kier alpha value is -2.64. The second-order valence-electron chi connectivity index (χ2n) is 6.02. The van der Waals surface area contributed by atoms with E-state index in [2.05, 4.69) is 16.9 Å². The molecule has 1 aromatic heterocycles. The number of benzene rings is 2. The van der Waals surface area contributed by atoms with Crippen molar-refractivity contribution < 1.29 is 9.18 Å². The number of nitrogens with one attached hydrogen (secondary N) is 1. The van der Waals surface area contributed by atoms with Gasteiger partial charge in [-0.2, -0.15) is 0 Å². The number of nitrogens with zero attached hydrogens (tertiary/aromatic N) is 2. The Morgan fingerprint density at radius 1 is 1.36 bits per heavy atom. The first kappa shape index (κ1) is 20.1. The molecule has 2 aromatic carbocycles. The molecule has 144 valence electrons. The van der Waals surface area contributed by atoms with E-state index in [4.69, 9.17) is 11.6 Å². The molecule has 5 nitrogen and oxygen atoms in total. The first-order valence-corrected chi connectivity index (χ1v) is 9.69. The Kier molecular flexibility index (Phi) is 6.16. The number of rotatable bonds is 6. The minimum atomic E-state index is -0.544. The van der Waals surface area contributed by atoms with Gasteiger partial charge in [-0.25, -0.2) is 9.37 Å². The Bertz CT molecular complexity index is 1100. The fourth-order valence-electron chi connectivity index (χ4n) is 2.54. The monoisotopic (exact) mass is 417 g/mol. The molecule has 0 bridgehead atoms. The fraction of sp³-hybridized carbons (Fsp3) is 0.150. The van der Waals surface area contributed by atoms with Gasteiger partial charge < -0.3 is 5.32 Å². The average Bonchev–Trinajstić information content (AvgIpc) is 2.67. The standard InChI is InChI=1S/C20H17ClFN3O2S/c1-3-10-25-19(27)16-11-13(21)4-9-17(16)24-20(25)28-12(2)18(26)23-15-7-5-14(22)6-8-15/h3-9,11-12H,1,10H2,2H3,(H,23,26). The molecule has 0 aliphatic rings. The van der Waals surface area contributed by atoms with Gasteiger partial charge in [-0.05, 0) is 49.4 Å². The van der Waals surface area contributed by atoms with Gasteiger partial charge in [0.05, 0.1) is 16.2 Å². The quantitative estimate of drug-likeness (QED) is 0.364. The highest BCUT2D eigenvalue weighted by Crippen LogP contribution is 2.25. The Balaban J connectivity index is 1.89. The van der Waals surface area contributed by atoms with Gasteiger partial charge in [-0.3, -0.25) is 14.2 Å². The SMILES string of the molecule is C=CCn1c(SC(C)C(=O)Nc2ccc(F)cc2)nc2ccc(Cl)cc2c1=O. The summed E-state index contributed by atoms with van der Waals surface area (Å²) in [5, 5.41) is 3.43. The molecule has 3 rings (SSSR count). The molecule has 8 heteroatoms. The zero-order valence-electron chi connectivity index (χ0n) is 15.0. The van der Waals surface area contributed by atoms with Crippen molar-refractivity contribution in [2.75, 3.05) is 5.32 Å². The zero-order valence-corrected chi connectivity index (χ0v) is 16.6. The number of carbonyl (C=O) groups is 1. The highest BCUT2D eigenvalue weighted by molar-refractivity contribution is 8.00. The smallest absolute Gasteiger partial charge is 0.262 e. The molecule has 1 unspecified atom stereocenters. The Morgan fingerprint density at radius 3 is 2.75 bits per heavy atom. The summed E-state index contributed by atoms with van der Waals surface area (Å²) in [6.45, 7) is 5.64. The number of halogens is 2. The van der Waals surface area contributed by atoms with Crippen LogP contribution in [0.25, 0.3) is 10.9 Å². The van der Waals surface area contributed by atoms with Gasteiger partial charge in [0.15, 0.2) is 5.16 Å². The van der Waals surface area contributed by atoms with E-state index in [0.29, 0.717) is 26.8 Å². The lowest BCUT2D eigenvalue weighted by Crippen LogP contribution is -2.26. The zero-order chi connectivity index (χ0) is 20.3. The van der Waals surface area contributed by atoms with E-state index in [0.717, 1.165) is 11.8 Å². The van der Waals surface area contributed by atoms with Crippen LogP contribution in [0.2, 0.25) is 5.02 Å². The highest BCUT2D eigenvalue weighted by atomic mass is 35.5. The van der Waals surface area contributed by atoms with E-state index in [1.54, 1.807) is 31.2 Å². The molecule has 0 aliphatic heterocycles. The molecule has 28 heavy (non-hydrogen) atoms. The summed E-state index contributed by atoms with van der Waals surface area (Å²) in [4.78, 5) is 29.8. The van der Waals surface area contributed by atoms with Crippen molar-refractivity contribution in [2.45, 2.75) is 23.9 Å². The van der Waals surface area contributed by atoms with Gasteiger partial charge in [0, 0.05) is 17.3 Å². The minimum Gasteiger partial charge on any atom is -0.325 e. The maximum atomic E-state index is 13.0. The third-order valence-electron chi connectivity index (χ3n) is 3.96. The van der Waals surface area contributed by atoms with Gasteiger partial charge in [0.25, 0.3) is 5.56 Å². The van der Waals surface area contributed by atoms with Crippen LogP contribution in [0.3, 0.4) is 0 Å². The van der Waals surface area contributed by atoms with Crippen molar-refractivity contribution >= 4 is 45.9 Å². The number of thioether (sulfide) groups is 1. The van der Waals surface area contributed by atoms with Crippen molar-refractivity contribution in [1.82, 2.24) is 9.55 Å².